The minimum absolute atomic E-state index is 0.937. The molecule has 2 heterocycles. The minimum Gasteiger partial charge on any atom is -0.253 e. The fraction of sp³-hybridized carbons (Fsp3) is 0. The Labute approximate surface area is 97.0 Å². The molecule has 14 heavy (non-hydrogen) atoms. The summed E-state index contributed by atoms with van der Waals surface area (Å²) in [6, 6.07) is 5.98. The van der Waals surface area contributed by atoms with Crippen LogP contribution in [0.1, 0.15) is 0 Å². The summed E-state index contributed by atoms with van der Waals surface area (Å²) in [7, 11) is 0. The molecule has 2 aliphatic heterocycles. The van der Waals surface area contributed by atoms with Gasteiger partial charge in [-0.3, -0.25) is 4.99 Å². The van der Waals surface area contributed by atoms with Gasteiger partial charge in [0.1, 0.15) is 11.4 Å². The molecule has 2 nitrogen and oxygen atoms in total. The molecular formula is C10H4Br2N2. The zero-order valence-corrected chi connectivity index (χ0v) is 10.1. The van der Waals surface area contributed by atoms with Crippen molar-refractivity contribution in [3.05, 3.63) is 43.4 Å². The molecule has 2 aliphatic rings. The normalized spacial score (nSPS) is 17.1. The molecule has 0 unspecified atom stereocenters. The van der Waals surface area contributed by atoms with Crippen LogP contribution in [-0.2, 0) is 0 Å². The highest BCUT2D eigenvalue weighted by atomic mass is 79.9. The number of benzene rings is 1. The number of hydrogen-bond donors (Lipinski definition) is 0. The number of nitrogens with zero attached hydrogens (tertiary/aromatic N) is 2. The molecule has 0 atom stereocenters. The van der Waals surface area contributed by atoms with Gasteiger partial charge in [0.05, 0.1) is 9.84 Å². The SMILES string of the molecule is BrC1=C2N=c3cccc(Br)c3=C2N=C1. The standard InChI is InChI=1S/C10H4Br2N2/c11-5-2-1-3-7-8(5)10-9(14-7)6(12)4-13-10/h1-4H. The molecule has 0 bridgehead atoms. The van der Waals surface area contributed by atoms with Crippen molar-refractivity contribution in [2.45, 2.75) is 0 Å². The van der Waals surface area contributed by atoms with E-state index in [0.717, 1.165) is 30.9 Å². The lowest BCUT2D eigenvalue weighted by Gasteiger charge is -1.90. The summed E-state index contributed by atoms with van der Waals surface area (Å²) >= 11 is 6.94. The summed E-state index contributed by atoms with van der Waals surface area (Å²) in [4.78, 5) is 8.82. The summed E-state index contributed by atoms with van der Waals surface area (Å²) in [6.45, 7) is 0. The highest BCUT2D eigenvalue weighted by Gasteiger charge is 2.20. The largest absolute Gasteiger partial charge is 0.253 e. The summed E-state index contributed by atoms with van der Waals surface area (Å²) in [5.41, 5.74) is 1.89. The number of allylic oxidation sites excluding steroid dienone is 1. The minimum atomic E-state index is 0.937. The van der Waals surface area contributed by atoms with Gasteiger partial charge >= 0.3 is 0 Å². The van der Waals surface area contributed by atoms with Crippen LogP contribution < -0.4 is 10.6 Å². The summed E-state index contributed by atoms with van der Waals surface area (Å²) < 4.78 is 2.00. The number of aliphatic imine (C=N–C) groups is 1. The molecule has 0 saturated heterocycles. The smallest absolute Gasteiger partial charge is 0.106 e. The van der Waals surface area contributed by atoms with E-state index >= 15 is 0 Å². The van der Waals surface area contributed by atoms with Gasteiger partial charge in [0, 0.05) is 15.9 Å². The first kappa shape index (κ1) is 8.56. The lowest BCUT2D eigenvalue weighted by atomic mass is 10.2. The van der Waals surface area contributed by atoms with Crippen molar-refractivity contribution in [2.24, 2.45) is 9.98 Å². The molecule has 0 radical (unpaired) electrons. The van der Waals surface area contributed by atoms with Gasteiger partial charge in [-0.05, 0) is 28.1 Å². The first-order valence-corrected chi connectivity index (χ1v) is 5.68. The molecule has 0 fully saturated rings. The first-order chi connectivity index (χ1) is 6.77. The average Bonchev–Trinajstić information content (AvgIpc) is 2.68. The number of hydrogen-bond acceptors (Lipinski definition) is 2. The van der Waals surface area contributed by atoms with Crippen LogP contribution in [0.15, 0.2) is 42.8 Å². The van der Waals surface area contributed by atoms with E-state index in [1.807, 2.05) is 18.2 Å². The van der Waals surface area contributed by atoms with Gasteiger partial charge in [-0.1, -0.05) is 22.0 Å². The predicted octanol–water partition coefficient (Wildman–Crippen LogP) is 1.88. The maximum atomic E-state index is 4.50. The maximum absolute atomic E-state index is 4.50. The van der Waals surface area contributed by atoms with E-state index in [1.165, 1.54) is 0 Å². The molecule has 3 rings (SSSR count). The Hall–Kier alpha value is -0.740. The van der Waals surface area contributed by atoms with Gasteiger partial charge in [0.25, 0.3) is 0 Å². The quantitative estimate of drug-likeness (QED) is 0.699. The Bertz CT molecular complexity index is 611. The molecule has 0 aliphatic carbocycles. The van der Waals surface area contributed by atoms with E-state index in [0.29, 0.717) is 0 Å². The van der Waals surface area contributed by atoms with Gasteiger partial charge in [-0.2, -0.15) is 0 Å². The van der Waals surface area contributed by atoms with Crippen LogP contribution in [0, 0.1) is 0 Å². The van der Waals surface area contributed by atoms with Crippen molar-refractivity contribution in [2.75, 3.05) is 0 Å². The number of rotatable bonds is 0. The molecule has 0 spiro atoms. The Morgan fingerprint density at radius 3 is 2.79 bits per heavy atom. The third-order valence-electron chi connectivity index (χ3n) is 2.22. The summed E-state index contributed by atoms with van der Waals surface area (Å²) in [6.07, 6.45) is 1.79. The van der Waals surface area contributed by atoms with E-state index in [1.54, 1.807) is 6.21 Å². The molecule has 1 aromatic carbocycles. The molecule has 0 aromatic heterocycles. The average molecular weight is 312 g/mol. The Kier molecular flexibility index (Phi) is 1.76. The molecular weight excluding hydrogens is 308 g/mol. The first-order valence-electron chi connectivity index (χ1n) is 4.09. The van der Waals surface area contributed by atoms with E-state index in [9.17, 15) is 0 Å². The van der Waals surface area contributed by atoms with Gasteiger partial charge < -0.3 is 0 Å². The Morgan fingerprint density at radius 2 is 1.93 bits per heavy atom. The van der Waals surface area contributed by atoms with Gasteiger partial charge in [-0.25, -0.2) is 4.99 Å². The second-order valence-corrected chi connectivity index (χ2v) is 4.76. The maximum Gasteiger partial charge on any atom is 0.106 e. The van der Waals surface area contributed by atoms with Crippen LogP contribution in [0.5, 0.6) is 0 Å². The van der Waals surface area contributed by atoms with Crippen LogP contribution in [0.25, 0.3) is 5.70 Å². The van der Waals surface area contributed by atoms with Crippen molar-refractivity contribution < 1.29 is 0 Å². The molecule has 1 aromatic rings. The van der Waals surface area contributed by atoms with Crippen LogP contribution in [-0.4, -0.2) is 6.21 Å². The highest BCUT2D eigenvalue weighted by molar-refractivity contribution is 9.12. The topological polar surface area (TPSA) is 24.7 Å². The highest BCUT2D eigenvalue weighted by Crippen LogP contribution is 2.28. The van der Waals surface area contributed by atoms with E-state index in [4.69, 9.17) is 0 Å². The van der Waals surface area contributed by atoms with Crippen molar-refractivity contribution in [1.29, 1.82) is 0 Å². The third kappa shape index (κ3) is 1.01. The second-order valence-electron chi connectivity index (χ2n) is 3.05. The number of fused-ring (bicyclic) bond motifs is 2. The third-order valence-corrected chi connectivity index (χ3v) is 3.46. The lowest BCUT2D eigenvalue weighted by molar-refractivity contribution is 1.31. The fourth-order valence-corrected chi connectivity index (χ4v) is 2.53. The molecule has 4 heteroatoms. The van der Waals surface area contributed by atoms with Crippen molar-refractivity contribution >= 4 is 43.8 Å². The molecule has 0 saturated carbocycles. The summed E-state index contributed by atoms with van der Waals surface area (Å²) in [5, 5.41) is 2.08. The second kappa shape index (κ2) is 2.87. The zero-order chi connectivity index (χ0) is 9.71. The predicted molar refractivity (Wildman–Crippen MR) is 62.8 cm³/mol. The van der Waals surface area contributed by atoms with Gasteiger partial charge in [0.2, 0.25) is 0 Å². The molecule has 68 valence electrons. The van der Waals surface area contributed by atoms with Crippen LogP contribution in [0.4, 0.5) is 0 Å². The van der Waals surface area contributed by atoms with Crippen LogP contribution in [0.2, 0.25) is 0 Å². The molecule has 0 N–H and O–H groups in total. The van der Waals surface area contributed by atoms with Crippen molar-refractivity contribution in [3.8, 4) is 0 Å². The van der Waals surface area contributed by atoms with Crippen molar-refractivity contribution in [1.82, 2.24) is 0 Å². The van der Waals surface area contributed by atoms with E-state index in [-0.39, 0.29) is 0 Å². The lowest BCUT2D eigenvalue weighted by Crippen LogP contribution is -2.23. The van der Waals surface area contributed by atoms with Crippen LogP contribution in [0.3, 0.4) is 0 Å². The number of halogens is 2. The zero-order valence-electron chi connectivity index (χ0n) is 6.96. The van der Waals surface area contributed by atoms with Crippen molar-refractivity contribution in [3.63, 3.8) is 0 Å². The molecule has 0 amide bonds. The Morgan fingerprint density at radius 1 is 1.07 bits per heavy atom. The Balaban J connectivity index is 2.58. The fourth-order valence-electron chi connectivity index (χ4n) is 1.61. The van der Waals surface area contributed by atoms with E-state index in [2.05, 4.69) is 41.8 Å². The van der Waals surface area contributed by atoms with Crippen LogP contribution >= 0.6 is 31.9 Å². The monoisotopic (exact) mass is 310 g/mol. The van der Waals surface area contributed by atoms with E-state index < -0.39 is 0 Å². The van der Waals surface area contributed by atoms with Gasteiger partial charge in [-0.15, -0.1) is 0 Å². The van der Waals surface area contributed by atoms with Gasteiger partial charge in [0.15, 0.2) is 0 Å². The summed E-state index contributed by atoms with van der Waals surface area (Å²) in [5.74, 6) is 0.